The van der Waals surface area contributed by atoms with E-state index in [-0.39, 0.29) is 16.5 Å². The average molecular weight is 419 g/mol. The standard InChI is InChI=1S/C18H15ClN4O4S/c1-27-14-7-6-10(8-12(14)19)23-16(25)11-4-2-3-5-13(11)21-18(23)28-9-15(24)22-17(20)26/h2-8H,9H2,1H3,(H3,20,22,24,26). The van der Waals surface area contributed by atoms with Crippen LogP contribution in [0.3, 0.4) is 0 Å². The number of urea groups is 1. The van der Waals surface area contributed by atoms with E-state index in [2.05, 4.69) is 4.98 Å². The summed E-state index contributed by atoms with van der Waals surface area (Å²) in [5.74, 6) is -0.293. The molecule has 0 aliphatic heterocycles. The molecule has 0 radical (unpaired) electrons. The first-order valence-corrected chi connectivity index (χ1v) is 9.35. The number of carbonyl (C=O) groups excluding carboxylic acids is 2. The molecule has 0 spiro atoms. The lowest BCUT2D eigenvalue weighted by atomic mass is 10.2. The number of primary amides is 1. The quantitative estimate of drug-likeness (QED) is 0.485. The Morgan fingerprint density at radius 3 is 2.71 bits per heavy atom. The normalized spacial score (nSPS) is 10.6. The smallest absolute Gasteiger partial charge is 0.318 e. The molecule has 10 heteroatoms. The van der Waals surface area contributed by atoms with Crippen LogP contribution in [0.15, 0.2) is 52.4 Å². The summed E-state index contributed by atoms with van der Waals surface area (Å²) in [5.41, 5.74) is 5.59. The van der Waals surface area contributed by atoms with E-state index in [1.54, 1.807) is 42.5 Å². The van der Waals surface area contributed by atoms with Gasteiger partial charge in [-0.25, -0.2) is 9.78 Å². The molecular weight excluding hydrogens is 404 g/mol. The maximum Gasteiger partial charge on any atom is 0.318 e. The van der Waals surface area contributed by atoms with E-state index in [0.717, 1.165) is 11.8 Å². The zero-order valence-electron chi connectivity index (χ0n) is 14.6. The van der Waals surface area contributed by atoms with Crippen LogP contribution in [0.5, 0.6) is 5.75 Å². The van der Waals surface area contributed by atoms with Gasteiger partial charge in [0.15, 0.2) is 5.16 Å². The van der Waals surface area contributed by atoms with Gasteiger partial charge < -0.3 is 10.5 Å². The first-order valence-electron chi connectivity index (χ1n) is 7.98. The molecule has 0 unspecified atom stereocenters. The second kappa shape index (κ2) is 8.32. The number of fused-ring (bicyclic) bond motifs is 1. The maximum absolute atomic E-state index is 13.1. The Kier molecular flexibility index (Phi) is 5.86. The molecule has 0 saturated carbocycles. The molecule has 3 rings (SSSR count). The first kappa shape index (κ1) is 19.7. The summed E-state index contributed by atoms with van der Waals surface area (Å²) in [6.07, 6.45) is 0. The number of para-hydroxylation sites is 1. The highest BCUT2D eigenvalue weighted by atomic mass is 35.5. The minimum Gasteiger partial charge on any atom is -0.495 e. The summed E-state index contributed by atoms with van der Waals surface area (Å²) >= 11 is 7.20. The monoisotopic (exact) mass is 418 g/mol. The van der Waals surface area contributed by atoms with Gasteiger partial charge in [-0.05, 0) is 30.3 Å². The zero-order valence-corrected chi connectivity index (χ0v) is 16.2. The third kappa shape index (κ3) is 4.10. The van der Waals surface area contributed by atoms with Crippen LogP contribution in [-0.4, -0.2) is 34.4 Å². The number of methoxy groups -OCH3 is 1. The fraction of sp³-hybridized carbons (Fsp3) is 0.111. The van der Waals surface area contributed by atoms with Crippen LogP contribution in [0, 0.1) is 0 Å². The highest BCUT2D eigenvalue weighted by Crippen LogP contribution is 2.28. The van der Waals surface area contributed by atoms with Crippen LogP contribution < -0.4 is 21.3 Å². The zero-order chi connectivity index (χ0) is 20.3. The number of ether oxygens (including phenoxy) is 1. The molecule has 0 aliphatic carbocycles. The Bertz CT molecular complexity index is 1130. The fourth-order valence-electron chi connectivity index (χ4n) is 2.53. The van der Waals surface area contributed by atoms with E-state index in [1.165, 1.54) is 11.7 Å². The van der Waals surface area contributed by atoms with Crippen LogP contribution in [0.1, 0.15) is 0 Å². The van der Waals surface area contributed by atoms with Crippen LogP contribution in [0.4, 0.5) is 4.79 Å². The number of amides is 3. The molecule has 28 heavy (non-hydrogen) atoms. The number of carbonyl (C=O) groups is 2. The van der Waals surface area contributed by atoms with E-state index >= 15 is 0 Å². The van der Waals surface area contributed by atoms with Gasteiger partial charge in [0, 0.05) is 0 Å². The summed E-state index contributed by atoms with van der Waals surface area (Å²) in [6.45, 7) is 0. The van der Waals surface area contributed by atoms with Gasteiger partial charge in [-0.3, -0.25) is 19.5 Å². The van der Waals surface area contributed by atoms with Crippen molar-refractivity contribution in [2.75, 3.05) is 12.9 Å². The van der Waals surface area contributed by atoms with E-state index in [0.29, 0.717) is 27.4 Å². The molecule has 2 aromatic carbocycles. The van der Waals surface area contributed by atoms with Crippen molar-refractivity contribution in [1.82, 2.24) is 14.9 Å². The van der Waals surface area contributed by atoms with E-state index in [4.69, 9.17) is 22.1 Å². The van der Waals surface area contributed by atoms with Crippen molar-refractivity contribution in [2.24, 2.45) is 5.73 Å². The van der Waals surface area contributed by atoms with Crippen molar-refractivity contribution in [3.63, 3.8) is 0 Å². The maximum atomic E-state index is 13.1. The number of rotatable bonds is 5. The molecule has 0 atom stereocenters. The van der Waals surface area contributed by atoms with Crippen molar-refractivity contribution < 1.29 is 14.3 Å². The molecule has 1 aromatic heterocycles. The summed E-state index contributed by atoms with van der Waals surface area (Å²) in [7, 11) is 1.49. The number of hydrogen-bond donors (Lipinski definition) is 2. The number of halogens is 1. The van der Waals surface area contributed by atoms with Crippen LogP contribution in [0.2, 0.25) is 5.02 Å². The molecule has 8 nitrogen and oxygen atoms in total. The Balaban J connectivity index is 2.12. The Morgan fingerprint density at radius 1 is 1.29 bits per heavy atom. The minimum absolute atomic E-state index is 0.155. The van der Waals surface area contributed by atoms with Gasteiger partial charge in [-0.2, -0.15) is 0 Å². The van der Waals surface area contributed by atoms with E-state index < -0.39 is 11.9 Å². The number of nitrogens with zero attached hydrogens (tertiary/aromatic N) is 2. The third-order valence-corrected chi connectivity index (χ3v) is 4.97. The lowest BCUT2D eigenvalue weighted by Gasteiger charge is -2.14. The van der Waals surface area contributed by atoms with Crippen LogP contribution in [0.25, 0.3) is 16.6 Å². The first-order chi connectivity index (χ1) is 13.4. The van der Waals surface area contributed by atoms with Gasteiger partial charge in [0.1, 0.15) is 5.75 Å². The van der Waals surface area contributed by atoms with Gasteiger partial charge in [0.2, 0.25) is 5.91 Å². The SMILES string of the molecule is COc1ccc(-n2c(SCC(=O)NC(N)=O)nc3ccccc3c2=O)cc1Cl. The van der Waals surface area contributed by atoms with Crippen molar-refractivity contribution in [3.05, 3.63) is 57.8 Å². The number of aromatic nitrogens is 2. The molecule has 0 saturated heterocycles. The molecule has 0 aliphatic rings. The number of nitrogens with one attached hydrogen (secondary N) is 1. The Hall–Kier alpha value is -3.04. The third-order valence-electron chi connectivity index (χ3n) is 3.73. The predicted octanol–water partition coefficient (Wildman–Crippen LogP) is 2.33. The molecule has 3 aromatic rings. The predicted molar refractivity (Wildman–Crippen MR) is 107 cm³/mol. The number of hydrogen-bond acceptors (Lipinski definition) is 6. The lowest BCUT2D eigenvalue weighted by molar-refractivity contribution is -0.117. The van der Waals surface area contributed by atoms with Gasteiger partial charge in [0.25, 0.3) is 5.56 Å². The number of thioether (sulfide) groups is 1. The van der Waals surface area contributed by atoms with Crippen LogP contribution in [-0.2, 0) is 4.79 Å². The van der Waals surface area contributed by atoms with E-state index in [9.17, 15) is 14.4 Å². The highest BCUT2D eigenvalue weighted by molar-refractivity contribution is 7.99. The van der Waals surface area contributed by atoms with Crippen molar-refractivity contribution >= 4 is 46.2 Å². The topological polar surface area (TPSA) is 116 Å². The van der Waals surface area contributed by atoms with Gasteiger partial charge in [0.05, 0.1) is 34.5 Å². The summed E-state index contributed by atoms with van der Waals surface area (Å²) in [6, 6.07) is 10.8. The molecule has 3 amide bonds. The van der Waals surface area contributed by atoms with Crippen LogP contribution >= 0.6 is 23.4 Å². The molecule has 0 fully saturated rings. The van der Waals surface area contributed by atoms with Gasteiger partial charge in [-0.1, -0.05) is 35.5 Å². The van der Waals surface area contributed by atoms with Gasteiger partial charge in [-0.15, -0.1) is 0 Å². The number of imide groups is 1. The van der Waals surface area contributed by atoms with Crippen molar-refractivity contribution in [2.45, 2.75) is 5.16 Å². The van der Waals surface area contributed by atoms with Gasteiger partial charge >= 0.3 is 6.03 Å². The number of benzene rings is 2. The summed E-state index contributed by atoms with van der Waals surface area (Å²) in [5, 5.41) is 2.98. The van der Waals surface area contributed by atoms with E-state index in [1.807, 2.05) is 5.32 Å². The highest BCUT2D eigenvalue weighted by Gasteiger charge is 2.16. The minimum atomic E-state index is -0.948. The second-order valence-electron chi connectivity index (χ2n) is 5.57. The average Bonchev–Trinajstić information content (AvgIpc) is 2.66. The van der Waals surface area contributed by atoms with Crippen molar-refractivity contribution in [3.8, 4) is 11.4 Å². The molecule has 1 heterocycles. The van der Waals surface area contributed by atoms with Crippen molar-refractivity contribution in [1.29, 1.82) is 0 Å². The lowest BCUT2D eigenvalue weighted by Crippen LogP contribution is -2.36. The summed E-state index contributed by atoms with van der Waals surface area (Å²) < 4.78 is 6.50. The Labute approximate surface area is 168 Å². The number of nitrogens with two attached hydrogens (primary N) is 1. The molecular formula is C18H15ClN4O4S. The Morgan fingerprint density at radius 2 is 2.04 bits per heavy atom. The molecule has 144 valence electrons. The molecule has 0 bridgehead atoms. The fourth-order valence-corrected chi connectivity index (χ4v) is 3.60. The second-order valence-corrected chi connectivity index (χ2v) is 6.92. The summed E-state index contributed by atoms with van der Waals surface area (Å²) in [4.78, 5) is 40.2. The largest absolute Gasteiger partial charge is 0.495 e. The molecule has 3 N–H and O–H groups in total.